The summed E-state index contributed by atoms with van der Waals surface area (Å²) in [6, 6.07) is 5.42. The lowest BCUT2D eigenvalue weighted by Gasteiger charge is -2.29. The van der Waals surface area contributed by atoms with E-state index in [9.17, 15) is 14.9 Å². The van der Waals surface area contributed by atoms with Crippen LogP contribution in [0.1, 0.15) is 43.4 Å². The molecule has 1 unspecified atom stereocenters. The molecule has 142 valence electrons. The van der Waals surface area contributed by atoms with Gasteiger partial charge in [0, 0.05) is 6.92 Å². The highest BCUT2D eigenvalue weighted by Crippen LogP contribution is 2.42. The Hall–Kier alpha value is -3.27. The van der Waals surface area contributed by atoms with Gasteiger partial charge in [-0.05, 0) is 56.5 Å². The van der Waals surface area contributed by atoms with Crippen LogP contribution in [-0.4, -0.2) is 18.5 Å². The van der Waals surface area contributed by atoms with Crippen molar-refractivity contribution >= 4 is 11.9 Å². The molecule has 1 aliphatic heterocycles. The summed E-state index contributed by atoms with van der Waals surface area (Å²) in [5.74, 6) is -1.09. The van der Waals surface area contributed by atoms with Gasteiger partial charge in [0.25, 0.3) is 0 Å². The van der Waals surface area contributed by atoms with Crippen molar-refractivity contribution in [3.63, 3.8) is 0 Å². The molecular weight excluding hydrogens is 348 g/mol. The minimum absolute atomic E-state index is 0.0455. The first kappa shape index (κ1) is 20.0. The van der Waals surface area contributed by atoms with Crippen LogP contribution in [0.3, 0.4) is 0 Å². The average Bonchev–Trinajstić information content (AvgIpc) is 2.53. The minimum atomic E-state index is -0.728. The van der Waals surface area contributed by atoms with E-state index in [0.717, 1.165) is 16.7 Å². The lowest BCUT2D eigenvalue weighted by atomic mass is 9.79. The van der Waals surface area contributed by atoms with Crippen LogP contribution in [0.5, 0.6) is 5.75 Å². The Morgan fingerprint density at radius 2 is 1.85 bits per heavy atom. The van der Waals surface area contributed by atoms with Crippen LogP contribution in [0.25, 0.3) is 0 Å². The molecule has 1 aromatic rings. The first-order valence-electron chi connectivity index (χ1n) is 8.46. The molecule has 2 rings (SSSR count). The van der Waals surface area contributed by atoms with Gasteiger partial charge in [-0.2, -0.15) is 5.26 Å². The van der Waals surface area contributed by atoms with Gasteiger partial charge in [0.05, 0.1) is 18.1 Å². The molecule has 0 spiro atoms. The third-order valence-electron chi connectivity index (χ3n) is 4.22. The second-order valence-electron chi connectivity index (χ2n) is 6.18. The van der Waals surface area contributed by atoms with E-state index in [0.29, 0.717) is 5.75 Å². The third kappa shape index (κ3) is 3.95. The van der Waals surface area contributed by atoms with Gasteiger partial charge in [-0.1, -0.05) is 0 Å². The maximum Gasteiger partial charge on any atom is 0.338 e. The molecule has 7 heteroatoms. The summed E-state index contributed by atoms with van der Waals surface area (Å²) in [5.41, 5.74) is 8.49. The number of ether oxygens (including phenoxy) is 3. The fourth-order valence-electron chi connectivity index (χ4n) is 3.26. The summed E-state index contributed by atoms with van der Waals surface area (Å²) in [7, 11) is 0. The molecule has 27 heavy (non-hydrogen) atoms. The molecule has 0 saturated heterocycles. The van der Waals surface area contributed by atoms with E-state index in [4.69, 9.17) is 19.9 Å². The number of benzene rings is 1. The van der Waals surface area contributed by atoms with Gasteiger partial charge in [0.1, 0.15) is 23.2 Å². The smallest absolute Gasteiger partial charge is 0.338 e. The zero-order valence-electron chi connectivity index (χ0n) is 16.0. The number of nitrogens with two attached hydrogens (primary N) is 1. The minimum Gasteiger partial charge on any atom is -0.463 e. The topological polar surface area (TPSA) is 112 Å². The molecule has 7 nitrogen and oxygen atoms in total. The monoisotopic (exact) mass is 370 g/mol. The second kappa shape index (κ2) is 7.96. The molecule has 0 amide bonds. The number of allylic oxidation sites excluding steroid dienone is 2. The van der Waals surface area contributed by atoms with Crippen molar-refractivity contribution in [2.24, 2.45) is 5.73 Å². The van der Waals surface area contributed by atoms with E-state index in [-0.39, 0.29) is 29.4 Å². The van der Waals surface area contributed by atoms with Gasteiger partial charge in [-0.25, -0.2) is 4.79 Å². The Morgan fingerprint density at radius 3 is 2.33 bits per heavy atom. The van der Waals surface area contributed by atoms with Crippen molar-refractivity contribution in [3.05, 3.63) is 51.6 Å². The largest absolute Gasteiger partial charge is 0.463 e. The van der Waals surface area contributed by atoms with E-state index in [1.165, 1.54) is 6.92 Å². The molecule has 0 radical (unpaired) electrons. The number of rotatable bonds is 4. The summed E-state index contributed by atoms with van der Waals surface area (Å²) >= 11 is 0. The molecule has 0 aromatic heterocycles. The van der Waals surface area contributed by atoms with Crippen molar-refractivity contribution in [1.82, 2.24) is 0 Å². The number of carbonyl (C=O) groups excluding carboxylic acids is 2. The van der Waals surface area contributed by atoms with Crippen molar-refractivity contribution < 1.29 is 23.8 Å². The summed E-state index contributed by atoms with van der Waals surface area (Å²) in [6.45, 7) is 8.44. The zero-order valence-corrected chi connectivity index (χ0v) is 16.0. The van der Waals surface area contributed by atoms with Crippen LogP contribution in [-0.2, 0) is 19.1 Å². The molecule has 0 saturated carbocycles. The highest BCUT2D eigenvalue weighted by atomic mass is 16.5. The van der Waals surface area contributed by atoms with E-state index in [1.807, 2.05) is 13.8 Å². The quantitative estimate of drug-likeness (QED) is 0.640. The zero-order chi connectivity index (χ0) is 20.3. The molecule has 1 atom stereocenters. The predicted molar refractivity (Wildman–Crippen MR) is 97.2 cm³/mol. The van der Waals surface area contributed by atoms with Gasteiger partial charge in [0.15, 0.2) is 0 Å². The van der Waals surface area contributed by atoms with Crippen molar-refractivity contribution in [3.8, 4) is 11.8 Å². The average molecular weight is 370 g/mol. The van der Waals surface area contributed by atoms with Gasteiger partial charge < -0.3 is 19.9 Å². The lowest BCUT2D eigenvalue weighted by Crippen LogP contribution is -2.26. The van der Waals surface area contributed by atoms with E-state index < -0.39 is 17.9 Å². The Morgan fingerprint density at radius 1 is 1.26 bits per heavy atom. The van der Waals surface area contributed by atoms with Gasteiger partial charge in [0.2, 0.25) is 5.88 Å². The van der Waals surface area contributed by atoms with E-state index >= 15 is 0 Å². The predicted octanol–water partition coefficient (Wildman–Crippen LogP) is 2.87. The van der Waals surface area contributed by atoms with Crippen molar-refractivity contribution in [1.29, 1.82) is 5.26 Å². The molecule has 1 heterocycles. The summed E-state index contributed by atoms with van der Waals surface area (Å²) < 4.78 is 15.7. The Bertz CT molecular complexity index is 882. The number of carbonyl (C=O) groups is 2. The number of nitrogens with zero attached hydrogens (tertiary/aromatic N) is 1. The molecule has 1 aromatic carbocycles. The summed E-state index contributed by atoms with van der Waals surface area (Å²) in [6.07, 6.45) is 0. The Kier molecular flexibility index (Phi) is 5.91. The Labute approximate surface area is 158 Å². The maximum absolute atomic E-state index is 12.6. The molecule has 0 bridgehead atoms. The highest BCUT2D eigenvalue weighted by molar-refractivity contribution is 5.93. The van der Waals surface area contributed by atoms with Crippen LogP contribution in [0, 0.1) is 25.2 Å². The fourth-order valence-corrected chi connectivity index (χ4v) is 3.26. The summed E-state index contributed by atoms with van der Waals surface area (Å²) in [4.78, 5) is 23.8. The fraction of sp³-hybridized carbons (Fsp3) is 0.350. The number of esters is 2. The van der Waals surface area contributed by atoms with Crippen LogP contribution >= 0.6 is 0 Å². The molecular formula is C20H22N2O5. The lowest BCUT2D eigenvalue weighted by molar-refractivity contribution is -0.139. The van der Waals surface area contributed by atoms with Crippen molar-refractivity contribution in [2.75, 3.05) is 6.61 Å². The van der Waals surface area contributed by atoms with Crippen LogP contribution < -0.4 is 10.5 Å². The number of hydrogen-bond acceptors (Lipinski definition) is 7. The molecule has 2 N–H and O–H groups in total. The van der Waals surface area contributed by atoms with Crippen LogP contribution in [0.4, 0.5) is 0 Å². The van der Waals surface area contributed by atoms with Gasteiger partial charge in [-0.15, -0.1) is 0 Å². The summed E-state index contributed by atoms with van der Waals surface area (Å²) in [5, 5.41) is 9.65. The second-order valence-corrected chi connectivity index (χ2v) is 6.18. The van der Waals surface area contributed by atoms with Crippen molar-refractivity contribution in [2.45, 2.75) is 40.5 Å². The maximum atomic E-state index is 12.6. The molecule has 1 aliphatic rings. The third-order valence-corrected chi connectivity index (χ3v) is 4.22. The molecule has 0 fully saturated rings. The number of nitriles is 1. The van der Waals surface area contributed by atoms with Gasteiger partial charge >= 0.3 is 11.9 Å². The van der Waals surface area contributed by atoms with Gasteiger partial charge in [-0.3, -0.25) is 4.79 Å². The normalized spacial score (nSPS) is 16.5. The first-order chi connectivity index (χ1) is 12.7. The van der Waals surface area contributed by atoms with E-state index in [2.05, 4.69) is 6.07 Å². The Balaban J connectivity index is 2.70. The first-order valence-corrected chi connectivity index (χ1v) is 8.46. The SMILES string of the molecule is CCOC(=O)C1=C(C)OC(N)=C(C#N)C1c1c(C)cc(OC(C)=O)cc1C. The van der Waals surface area contributed by atoms with Crippen LogP contribution in [0.2, 0.25) is 0 Å². The number of hydrogen-bond donors (Lipinski definition) is 1. The number of aryl methyl sites for hydroxylation is 2. The van der Waals surface area contributed by atoms with E-state index in [1.54, 1.807) is 26.0 Å². The highest BCUT2D eigenvalue weighted by Gasteiger charge is 2.37. The molecule has 0 aliphatic carbocycles. The van der Waals surface area contributed by atoms with Crippen LogP contribution in [0.15, 0.2) is 34.9 Å². The standard InChI is InChI=1S/C20H22N2O5/c1-6-25-20(24)17-12(4)26-19(22)15(9-21)18(17)16-10(2)7-14(8-11(16)3)27-13(5)23/h7-8,18H,6,22H2,1-5H3.